The third kappa shape index (κ3) is 3.71. The summed E-state index contributed by atoms with van der Waals surface area (Å²) < 4.78 is 13.3. The minimum absolute atomic E-state index is 0.0479. The van der Waals surface area contributed by atoms with Gasteiger partial charge in [0.05, 0.1) is 22.4 Å². The second-order valence-corrected chi connectivity index (χ2v) is 4.91. The Morgan fingerprint density at radius 2 is 1.80 bits per heavy atom. The molecule has 1 aromatic heterocycles. The first-order valence-corrected chi connectivity index (χ1v) is 6.83. The normalized spacial score (nSPS) is 10.4. The van der Waals surface area contributed by atoms with Crippen molar-refractivity contribution in [1.29, 1.82) is 0 Å². The SMILES string of the molecule is CCCNc1cncc(Nc2cc(Cl)c(F)c(Cl)c2)n1. The summed E-state index contributed by atoms with van der Waals surface area (Å²) in [5.41, 5.74) is 0.545. The Morgan fingerprint density at radius 3 is 2.45 bits per heavy atom. The summed E-state index contributed by atoms with van der Waals surface area (Å²) in [7, 11) is 0. The smallest absolute Gasteiger partial charge is 0.160 e. The summed E-state index contributed by atoms with van der Waals surface area (Å²) in [4.78, 5) is 8.39. The summed E-state index contributed by atoms with van der Waals surface area (Å²) in [5.74, 6) is 0.546. The number of benzene rings is 1. The molecule has 0 fully saturated rings. The van der Waals surface area contributed by atoms with Crippen molar-refractivity contribution in [2.24, 2.45) is 0 Å². The van der Waals surface area contributed by atoms with E-state index in [9.17, 15) is 4.39 Å². The maximum absolute atomic E-state index is 13.3. The molecule has 0 aliphatic rings. The van der Waals surface area contributed by atoms with Gasteiger partial charge in [0, 0.05) is 12.2 Å². The Morgan fingerprint density at radius 1 is 1.15 bits per heavy atom. The van der Waals surface area contributed by atoms with Crippen LogP contribution in [0.2, 0.25) is 10.0 Å². The maximum atomic E-state index is 13.3. The fourth-order valence-electron chi connectivity index (χ4n) is 1.54. The van der Waals surface area contributed by atoms with E-state index in [-0.39, 0.29) is 10.0 Å². The lowest BCUT2D eigenvalue weighted by atomic mass is 10.3. The van der Waals surface area contributed by atoms with Crippen molar-refractivity contribution < 1.29 is 4.39 Å². The van der Waals surface area contributed by atoms with Crippen molar-refractivity contribution in [2.45, 2.75) is 13.3 Å². The molecule has 0 aliphatic heterocycles. The highest BCUT2D eigenvalue weighted by atomic mass is 35.5. The maximum Gasteiger partial charge on any atom is 0.160 e. The molecule has 106 valence electrons. The lowest BCUT2D eigenvalue weighted by Crippen LogP contribution is -2.04. The molecular formula is C13H13Cl2FN4. The van der Waals surface area contributed by atoms with Crippen LogP contribution in [0.1, 0.15) is 13.3 Å². The lowest BCUT2D eigenvalue weighted by Gasteiger charge is -2.09. The molecular weight excluding hydrogens is 302 g/mol. The van der Waals surface area contributed by atoms with Gasteiger partial charge in [0.15, 0.2) is 11.6 Å². The fraction of sp³-hybridized carbons (Fsp3) is 0.231. The standard InChI is InChI=1S/C13H13Cl2FN4/c1-2-3-18-11-6-17-7-12(20-11)19-8-4-9(14)13(16)10(15)5-8/h4-7H,2-3H2,1H3,(H2,18,19,20). The summed E-state index contributed by atoms with van der Waals surface area (Å²) >= 11 is 11.5. The second-order valence-electron chi connectivity index (χ2n) is 4.10. The highest BCUT2D eigenvalue weighted by Gasteiger charge is 2.08. The van der Waals surface area contributed by atoms with Crippen LogP contribution in [0, 0.1) is 5.82 Å². The quantitative estimate of drug-likeness (QED) is 0.798. The predicted molar refractivity (Wildman–Crippen MR) is 80.5 cm³/mol. The van der Waals surface area contributed by atoms with Crippen LogP contribution in [-0.4, -0.2) is 16.5 Å². The van der Waals surface area contributed by atoms with E-state index in [0.717, 1.165) is 13.0 Å². The number of anilines is 3. The first-order valence-electron chi connectivity index (χ1n) is 6.07. The van der Waals surface area contributed by atoms with Crippen molar-refractivity contribution >= 4 is 40.5 Å². The van der Waals surface area contributed by atoms with Gasteiger partial charge in [0.25, 0.3) is 0 Å². The molecule has 7 heteroatoms. The number of hydrogen-bond acceptors (Lipinski definition) is 4. The third-order valence-electron chi connectivity index (χ3n) is 2.45. The van der Waals surface area contributed by atoms with Gasteiger partial charge in [-0.1, -0.05) is 30.1 Å². The molecule has 0 spiro atoms. The van der Waals surface area contributed by atoms with Crippen molar-refractivity contribution in [1.82, 2.24) is 9.97 Å². The summed E-state index contributed by atoms with van der Waals surface area (Å²) in [6, 6.07) is 2.88. The van der Waals surface area contributed by atoms with Crippen molar-refractivity contribution in [3.05, 3.63) is 40.4 Å². The molecule has 0 saturated carbocycles. The molecule has 20 heavy (non-hydrogen) atoms. The van der Waals surface area contributed by atoms with Crippen LogP contribution in [0.25, 0.3) is 0 Å². The van der Waals surface area contributed by atoms with E-state index >= 15 is 0 Å². The Labute approximate surface area is 126 Å². The van der Waals surface area contributed by atoms with Crippen LogP contribution in [0.4, 0.5) is 21.7 Å². The van der Waals surface area contributed by atoms with Crippen molar-refractivity contribution in [3.8, 4) is 0 Å². The Kier molecular flexibility index (Phi) is 4.98. The molecule has 2 rings (SSSR count). The van der Waals surface area contributed by atoms with Gasteiger partial charge in [-0.25, -0.2) is 9.37 Å². The van der Waals surface area contributed by atoms with Crippen molar-refractivity contribution in [3.63, 3.8) is 0 Å². The molecule has 0 amide bonds. The van der Waals surface area contributed by atoms with E-state index in [1.54, 1.807) is 12.4 Å². The first-order chi connectivity index (χ1) is 9.60. The van der Waals surface area contributed by atoms with Gasteiger partial charge in [-0.2, -0.15) is 0 Å². The second kappa shape index (κ2) is 6.72. The summed E-state index contributed by atoms with van der Waals surface area (Å²) in [5, 5.41) is 6.01. The molecule has 0 aliphatic carbocycles. The van der Waals surface area contributed by atoms with Crippen LogP contribution in [0.3, 0.4) is 0 Å². The zero-order valence-corrected chi connectivity index (χ0v) is 12.3. The average molecular weight is 315 g/mol. The van der Waals surface area contributed by atoms with Gasteiger partial charge >= 0.3 is 0 Å². The van der Waals surface area contributed by atoms with Gasteiger partial charge in [0.1, 0.15) is 5.82 Å². The molecule has 2 N–H and O–H groups in total. The molecule has 0 unspecified atom stereocenters. The van der Waals surface area contributed by atoms with Crippen LogP contribution in [-0.2, 0) is 0 Å². The van der Waals surface area contributed by atoms with Crippen LogP contribution in [0.5, 0.6) is 0 Å². The van der Waals surface area contributed by atoms with Crippen LogP contribution >= 0.6 is 23.2 Å². The van der Waals surface area contributed by atoms with Crippen LogP contribution in [0.15, 0.2) is 24.5 Å². The number of halogens is 3. The molecule has 0 atom stereocenters. The monoisotopic (exact) mass is 314 g/mol. The molecule has 1 aromatic carbocycles. The fourth-order valence-corrected chi connectivity index (χ4v) is 2.03. The summed E-state index contributed by atoms with van der Waals surface area (Å²) in [6.45, 7) is 2.87. The van der Waals surface area contributed by atoms with E-state index in [1.807, 2.05) is 0 Å². The average Bonchev–Trinajstić information content (AvgIpc) is 2.43. The van der Waals surface area contributed by atoms with Gasteiger partial charge in [-0.15, -0.1) is 0 Å². The van der Waals surface area contributed by atoms with Gasteiger partial charge in [-0.3, -0.25) is 4.98 Å². The highest BCUT2D eigenvalue weighted by molar-refractivity contribution is 6.35. The van der Waals surface area contributed by atoms with Gasteiger partial charge < -0.3 is 10.6 Å². The number of nitrogens with zero attached hydrogens (tertiary/aromatic N) is 2. The topological polar surface area (TPSA) is 49.8 Å². The minimum Gasteiger partial charge on any atom is -0.369 e. The number of rotatable bonds is 5. The molecule has 0 radical (unpaired) electrons. The zero-order chi connectivity index (χ0) is 14.5. The largest absolute Gasteiger partial charge is 0.369 e. The third-order valence-corrected chi connectivity index (χ3v) is 3.00. The van der Waals surface area contributed by atoms with E-state index in [1.165, 1.54) is 12.1 Å². The number of hydrogen-bond donors (Lipinski definition) is 2. The zero-order valence-electron chi connectivity index (χ0n) is 10.8. The minimum atomic E-state index is -0.636. The Balaban J connectivity index is 2.17. The van der Waals surface area contributed by atoms with E-state index in [0.29, 0.717) is 17.3 Å². The molecule has 0 saturated heterocycles. The highest BCUT2D eigenvalue weighted by Crippen LogP contribution is 2.28. The van der Waals surface area contributed by atoms with E-state index in [4.69, 9.17) is 23.2 Å². The van der Waals surface area contributed by atoms with Crippen molar-refractivity contribution in [2.75, 3.05) is 17.2 Å². The predicted octanol–water partition coefficient (Wildman–Crippen LogP) is 4.49. The van der Waals surface area contributed by atoms with Gasteiger partial charge in [-0.05, 0) is 18.6 Å². The lowest BCUT2D eigenvalue weighted by molar-refractivity contribution is 0.629. The van der Waals surface area contributed by atoms with E-state index < -0.39 is 5.82 Å². The number of aromatic nitrogens is 2. The Hall–Kier alpha value is -1.59. The number of nitrogens with one attached hydrogen (secondary N) is 2. The summed E-state index contributed by atoms with van der Waals surface area (Å²) in [6.07, 6.45) is 4.18. The molecule has 2 aromatic rings. The molecule has 1 heterocycles. The Bertz CT molecular complexity index is 584. The van der Waals surface area contributed by atoms with Crippen LogP contribution < -0.4 is 10.6 Å². The molecule has 4 nitrogen and oxygen atoms in total. The molecule has 0 bridgehead atoms. The van der Waals surface area contributed by atoms with E-state index in [2.05, 4.69) is 27.5 Å². The first kappa shape index (κ1) is 14.8. The van der Waals surface area contributed by atoms with Gasteiger partial charge in [0.2, 0.25) is 0 Å².